The van der Waals surface area contributed by atoms with E-state index in [1.54, 1.807) is 0 Å². The van der Waals surface area contributed by atoms with E-state index in [9.17, 15) is 0 Å². The zero-order chi connectivity index (χ0) is 14.7. The van der Waals surface area contributed by atoms with E-state index < -0.39 is 0 Å². The molecule has 1 heterocycles. The maximum atomic E-state index is 5.79. The van der Waals surface area contributed by atoms with Crippen LogP contribution in [0.25, 0.3) is 0 Å². The molecule has 21 heavy (non-hydrogen) atoms. The molecule has 0 aromatic heterocycles. The van der Waals surface area contributed by atoms with Gasteiger partial charge in [0, 0.05) is 30.8 Å². The molecule has 0 radical (unpaired) electrons. The molecular weight excluding hydrogens is 280 g/mol. The summed E-state index contributed by atoms with van der Waals surface area (Å²) in [5.74, 6) is 1.00. The van der Waals surface area contributed by atoms with Gasteiger partial charge in [-0.15, -0.1) is 0 Å². The summed E-state index contributed by atoms with van der Waals surface area (Å²) in [7, 11) is 0. The number of ether oxygens (including phenoxy) is 1. The van der Waals surface area contributed by atoms with Crippen molar-refractivity contribution in [1.29, 1.82) is 0 Å². The Kier molecular flexibility index (Phi) is 4.18. The third kappa shape index (κ3) is 3.40. The summed E-state index contributed by atoms with van der Waals surface area (Å²) in [4.78, 5) is 2.83. The predicted octanol–water partition coefficient (Wildman–Crippen LogP) is 2.72. The highest BCUT2D eigenvalue weighted by Gasteiger charge is 2.14. The minimum Gasteiger partial charge on any atom is -0.492 e. The van der Waals surface area contributed by atoms with E-state index >= 15 is 0 Å². The fourth-order valence-corrected chi connectivity index (χ4v) is 2.68. The molecule has 0 unspecified atom stereocenters. The lowest BCUT2D eigenvalue weighted by atomic mass is 10.1. The van der Waals surface area contributed by atoms with Crippen molar-refractivity contribution in [2.45, 2.75) is 13.1 Å². The SMILES string of the molecule is NC(=S)c1ccc(CN2CCOc3ccccc3C2)cc1. The monoisotopic (exact) mass is 298 g/mol. The number of para-hydroxylation sites is 1. The molecule has 2 aromatic carbocycles. The van der Waals surface area contributed by atoms with E-state index in [2.05, 4.69) is 29.2 Å². The second-order valence-corrected chi connectivity index (χ2v) is 5.67. The Labute approximate surface area is 130 Å². The third-order valence-corrected chi connectivity index (χ3v) is 3.91. The second-order valence-electron chi connectivity index (χ2n) is 5.23. The summed E-state index contributed by atoms with van der Waals surface area (Å²) in [6.45, 7) is 3.45. The molecule has 3 nitrogen and oxygen atoms in total. The minimum atomic E-state index is 0.443. The summed E-state index contributed by atoms with van der Waals surface area (Å²) in [6.07, 6.45) is 0. The Hall–Kier alpha value is -1.91. The van der Waals surface area contributed by atoms with Crippen molar-refractivity contribution >= 4 is 17.2 Å². The number of fused-ring (bicyclic) bond motifs is 1. The van der Waals surface area contributed by atoms with Crippen LogP contribution < -0.4 is 10.5 Å². The van der Waals surface area contributed by atoms with Crippen LogP contribution in [0.4, 0.5) is 0 Å². The number of nitrogens with zero attached hydrogens (tertiary/aromatic N) is 1. The highest BCUT2D eigenvalue weighted by Crippen LogP contribution is 2.23. The Morgan fingerprint density at radius 1 is 1.14 bits per heavy atom. The van der Waals surface area contributed by atoms with E-state index in [0.29, 0.717) is 4.99 Å². The first-order valence-electron chi connectivity index (χ1n) is 7.04. The third-order valence-electron chi connectivity index (χ3n) is 3.68. The van der Waals surface area contributed by atoms with Crippen molar-refractivity contribution in [3.63, 3.8) is 0 Å². The van der Waals surface area contributed by atoms with Crippen molar-refractivity contribution in [1.82, 2.24) is 4.90 Å². The van der Waals surface area contributed by atoms with E-state index in [4.69, 9.17) is 22.7 Å². The van der Waals surface area contributed by atoms with Gasteiger partial charge in [-0.05, 0) is 11.6 Å². The van der Waals surface area contributed by atoms with E-state index in [0.717, 1.165) is 37.6 Å². The lowest BCUT2D eigenvalue weighted by Gasteiger charge is -2.19. The smallest absolute Gasteiger partial charge is 0.123 e. The summed E-state index contributed by atoms with van der Waals surface area (Å²) in [6, 6.07) is 16.4. The number of hydrogen-bond acceptors (Lipinski definition) is 3. The molecule has 0 spiro atoms. The van der Waals surface area contributed by atoms with Crippen molar-refractivity contribution in [3.8, 4) is 5.75 Å². The first-order chi connectivity index (χ1) is 10.2. The average Bonchev–Trinajstić information content (AvgIpc) is 2.69. The van der Waals surface area contributed by atoms with Crippen LogP contribution in [0.5, 0.6) is 5.75 Å². The number of hydrogen-bond donors (Lipinski definition) is 1. The van der Waals surface area contributed by atoms with Gasteiger partial charge in [0.2, 0.25) is 0 Å². The molecule has 0 aliphatic carbocycles. The van der Waals surface area contributed by atoms with Gasteiger partial charge >= 0.3 is 0 Å². The van der Waals surface area contributed by atoms with Crippen LogP contribution in [0.3, 0.4) is 0 Å². The number of thiocarbonyl (C=S) groups is 1. The Bertz CT molecular complexity index is 639. The first kappa shape index (κ1) is 14.0. The molecule has 0 amide bonds. The van der Waals surface area contributed by atoms with Crippen LogP contribution in [0.1, 0.15) is 16.7 Å². The van der Waals surface area contributed by atoms with Crippen LogP contribution in [-0.4, -0.2) is 23.0 Å². The highest BCUT2D eigenvalue weighted by atomic mass is 32.1. The molecule has 1 aliphatic rings. The lowest BCUT2D eigenvalue weighted by Crippen LogP contribution is -2.25. The van der Waals surface area contributed by atoms with E-state index in [1.165, 1.54) is 11.1 Å². The Balaban J connectivity index is 1.71. The number of rotatable bonds is 3. The number of nitrogens with two attached hydrogens (primary N) is 1. The predicted molar refractivity (Wildman–Crippen MR) is 88.4 cm³/mol. The average molecular weight is 298 g/mol. The van der Waals surface area contributed by atoms with Crippen molar-refractivity contribution in [2.24, 2.45) is 5.73 Å². The molecule has 4 heteroatoms. The van der Waals surface area contributed by atoms with Crippen molar-refractivity contribution in [2.75, 3.05) is 13.2 Å². The largest absolute Gasteiger partial charge is 0.492 e. The molecule has 0 saturated carbocycles. The molecule has 0 atom stereocenters. The molecule has 108 valence electrons. The van der Waals surface area contributed by atoms with Crippen LogP contribution in [0.15, 0.2) is 48.5 Å². The normalized spacial score (nSPS) is 14.9. The molecule has 0 saturated heterocycles. The summed E-state index contributed by atoms with van der Waals surface area (Å²) in [5, 5.41) is 0. The van der Waals surface area contributed by atoms with Gasteiger partial charge in [-0.2, -0.15) is 0 Å². The topological polar surface area (TPSA) is 38.5 Å². The Morgan fingerprint density at radius 2 is 1.90 bits per heavy atom. The molecule has 0 bridgehead atoms. The maximum Gasteiger partial charge on any atom is 0.123 e. The second kappa shape index (κ2) is 6.24. The molecule has 2 N–H and O–H groups in total. The quantitative estimate of drug-likeness (QED) is 0.884. The zero-order valence-electron chi connectivity index (χ0n) is 11.8. The lowest BCUT2D eigenvalue weighted by molar-refractivity contribution is 0.219. The summed E-state index contributed by atoms with van der Waals surface area (Å²) < 4.78 is 5.79. The molecule has 0 fully saturated rings. The summed E-state index contributed by atoms with van der Waals surface area (Å²) >= 11 is 4.98. The van der Waals surface area contributed by atoms with Gasteiger partial charge < -0.3 is 10.5 Å². The molecule has 2 aromatic rings. The van der Waals surface area contributed by atoms with Gasteiger partial charge in [0.25, 0.3) is 0 Å². The van der Waals surface area contributed by atoms with Gasteiger partial charge in [-0.1, -0.05) is 54.7 Å². The highest BCUT2D eigenvalue weighted by molar-refractivity contribution is 7.80. The molecule has 3 rings (SSSR count). The van der Waals surface area contributed by atoms with Crippen LogP contribution in [0.2, 0.25) is 0 Å². The van der Waals surface area contributed by atoms with Crippen LogP contribution in [0, 0.1) is 0 Å². The van der Waals surface area contributed by atoms with Crippen LogP contribution in [-0.2, 0) is 13.1 Å². The molecule has 1 aliphatic heterocycles. The van der Waals surface area contributed by atoms with Gasteiger partial charge in [-0.25, -0.2) is 0 Å². The van der Waals surface area contributed by atoms with Crippen LogP contribution >= 0.6 is 12.2 Å². The fourth-order valence-electron chi connectivity index (χ4n) is 2.55. The minimum absolute atomic E-state index is 0.443. The van der Waals surface area contributed by atoms with Crippen molar-refractivity contribution in [3.05, 3.63) is 65.2 Å². The number of benzene rings is 2. The van der Waals surface area contributed by atoms with Gasteiger partial charge in [0.15, 0.2) is 0 Å². The standard InChI is InChI=1S/C17H18N2OS/c18-17(21)14-7-5-13(6-8-14)11-19-9-10-20-16-4-2-1-3-15(16)12-19/h1-8H,9-12H2,(H2,18,21). The van der Waals surface area contributed by atoms with Gasteiger partial charge in [0.1, 0.15) is 17.3 Å². The maximum absolute atomic E-state index is 5.79. The Morgan fingerprint density at radius 3 is 2.67 bits per heavy atom. The van der Waals surface area contributed by atoms with Crippen molar-refractivity contribution < 1.29 is 4.74 Å². The van der Waals surface area contributed by atoms with Gasteiger partial charge in [-0.3, -0.25) is 4.90 Å². The summed E-state index contributed by atoms with van der Waals surface area (Å²) in [5.41, 5.74) is 9.05. The van der Waals surface area contributed by atoms with Gasteiger partial charge in [0.05, 0.1) is 0 Å². The molecular formula is C17H18N2OS. The van der Waals surface area contributed by atoms with E-state index in [1.807, 2.05) is 24.3 Å². The first-order valence-corrected chi connectivity index (χ1v) is 7.45. The van der Waals surface area contributed by atoms with E-state index in [-0.39, 0.29) is 0 Å². The fraction of sp³-hybridized carbons (Fsp3) is 0.235. The zero-order valence-corrected chi connectivity index (χ0v) is 12.6.